The molecule has 0 aliphatic heterocycles. The van der Waals surface area contributed by atoms with Crippen LogP contribution >= 0.6 is 0 Å². The van der Waals surface area contributed by atoms with Crippen molar-refractivity contribution in [2.45, 2.75) is 51.2 Å². The number of nitrogens with zero attached hydrogens (tertiary/aromatic N) is 4. The summed E-state index contributed by atoms with van der Waals surface area (Å²) in [6.07, 6.45) is 5.45. The van der Waals surface area contributed by atoms with E-state index in [2.05, 4.69) is 26.2 Å². The molecule has 0 unspecified atom stereocenters. The summed E-state index contributed by atoms with van der Waals surface area (Å²) in [5, 5.41) is 15.8. The zero-order valence-corrected chi connectivity index (χ0v) is 15.5. The average Bonchev–Trinajstić information content (AvgIpc) is 3.23. The molecule has 0 radical (unpaired) electrons. The van der Waals surface area contributed by atoms with Crippen LogP contribution in [-0.2, 0) is 9.53 Å². The molecule has 0 spiro atoms. The Morgan fingerprint density at radius 3 is 2.50 bits per heavy atom. The number of hydrogen-bond acceptors (Lipinski definition) is 7. The second-order valence-corrected chi connectivity index (χ2v) is 6.65. The summed E-state index contributed by atoms with van der Waals surface area (Å²) in [5.74, 6) is -1.34. The summed E-state index contributed by atoms with van der Waals surface area (Å²) in [6.45, 7) is 1.41. The number of rotatable bonds is 5. The maximum Gasteiger partial charge on any atom is 0.338 e. The van der Waals surface area contributed by atoms with Gasteiger partial charge in [-0.05, 0) is 54.5 Å². The highest BCUT2D eigenvalue weighted by atomic mass is 16.5. The van der Waals surface area contributed by atoms with Gasteiger partial charge in [0.25, 0.3) is 5.91 Å². The van der Waals surface area contributed by atoms with Crippen LogP contribution in [0.25, 0.3) is 5.69 Å². The van der Waals surface area contributed by atoms with Gasteiger partial charge >= 0.3 is 12.0 Å². The highest BCUT2D eigenvalue weighted by Gasteiger charge is 2.22. The van der Waals surface area contributed by atoms with Crippen molar-refractivity contribution in [3.8, 4) is 5.69 Å². The van der Waals surface area contributed by atoms with Crippen LogP contribution in [0.5, 0.6) is 0 Å². The Bertz CT molecular complexity index is 815. The number of urea groups is 1. The van der Waals surface area contributed by atoms with Crippen LogP contribution in [0, 0.1) is 0 Å². The highest BCUT2D eigenvalue weighted by Crippen LogP contribution is 2.17. The molecular weight excluding hydrogens is 364 g/mol. The number of hydrogen-bond donors (Lipinski definition) is 2. The molecule has 1 saturated carbocycles. The van der Waals surface area contributed by atoms with Crippen molar-refractivity contribution in [2.24, 2.45) is 0 Å². The lowest BCUT2D eigenvalue weighted by molar-refractivity contribution is -0.127. The minimum absolute atomic E-state index is 0.0816. The van der Waals surface area contributed by atoms with E-state index in [-0.39, 0.29) is 11.6 Å². The second-order valence-electron chi connectivity index (χ2n) is 6.65. The predicted octanol–water partition coefficient (Wildman–Crippen LogP) is 1.37. The summed E-state index contributed by atoms with van der Waals surface area (Å²) in [4.78, 5) is 36.2. The third kappa shape index (κ3) is 5.12. The van der Waals surface area contributed by atoms with Gasteiger partial charge in [-0.25, -0.2) is 14.3 Å². The molecule has 1 aromatic carbocycles. The number of carbonyl (C=O) groups excluding carboxylic acids is 3. The lowest BCUT2D eigenvalue weighted by Gasteiger charge is -2.23. The molecule has 2 N–H and O–H groups in total. The summed E-state index contributed by atoms with van der Waals surface area (Å²) in [5.41, 5.74) is 0.940. The summed E-state index contributed by atoms with van der Waals surface area (Å²) in [6, 6.07) is 5.90. The minimum atomic E-state index is -1.11. The molecular formula is C18H22N6O4. The smallest absolute Gasteiger partial charge is 0.338 e. The number of tetrazole rings is 1. The summed E-state index contributed by atoms with van der Waals surface area (Å²) < 4.78 is 6.58. The van der Waals surface area contributed by atoms with Crippen molar-refractivity contribution in [2.75, 3.05) is 0 Å². The molecule has 10 nitrogen and oxygen atoms in total. The number of esters is 1. The van der Waals surface area contributed by atoms with Gasteiger partial charge in [0.15, 0.2) is 6.10 Å². The van der Waals surface area contributed by atoms with Crippen molar-refractivity contribution in [3.63, 3.8) is 0 Å². The van der Waals surface area contributed by atoms with E-state index in [1.807, 2.05) is 0 Å². The highest BCUT2D eigenvalue weighted by molar-refractivity contribution is 5.98. The molecule has 1 heterocycles. The molecule has 148 valence electrons. The molecule has 3 rings (SSSR count). The molecule has 1 atom stereocenters. The summed E-state index contributed by atoms with van der Waals surface area (Å²) >= 11 is 0. The summed E-state index contributed by atoms with van der Waals surface area (Å²) in [7, 11) is 0. The molecule has 1 aliphatic rings. The van der Waals surface area contributed by atoms with Crippen LogP contribution in [0.4, 0.5) is 4.79 Å². The first kappa shape index (κ1) is 19.5. The Hall–Kier alpha value is -3.30. The van der Waals surface area contributed by atoms with Crippen LogP contribution in [0.2, 0.25) is 0 Å². The number of benzene rings is 1. The zero-order chi connectivity index (χ0) is 19.9. The van der Waals surface area contributed by atoms with Gasteiger partial charge in [0, 0.05) is 6.04 Å². The minimum Gasteiger partial charge on any atom is -0.449 e. The van der Waals surface area contributed by atoms with E-state index in [1.54, 1.807) is 24.3 Å². The largest absolute Gasteiger partial charge is 0.449 e. The number of nitrogens with one attached hydrogen (secondary N) is 2. The van der Waals surface area contributed by atoms with E-state index in [0.29, 0.717) is 5.69 Å². The van der Waals surface area contributed by atoms with Crippen LogP contribution < -0.4 is 10.6 Å². The second kappa shape index (κ2) is 9.07. The van der Waals surface area contributed by atoms with Crippen LogP contribution in [0.1, 0.15) is 49.4 Å². The average molecular weight is 386 g/mol. The third-order valence-electron chi connectivity index (χ3n) is 4.55. The van der Waals surface area contributed by atoms with Gasteiger partial charge in [0.1, 0.15) is 6.33 Å². The molecule has 3 amide bonds. The van der Waals surface area contributed by atoms with E-state index < -0.39 is 24.0 Å². The first-order valence-corrected chi connectivity index (χ1v) is 9.18. The topological polar surface area (TPSA) is 128 Å². The number of carbonyl (C=O) groups is 3. The fraction of sp³-hybridized carbons (Fsp3) is 0.444. The van der Waals surface area contributed by atoms with Crippen LogP contribution in [0.3, 0.4) is 0 Å². The van der Waals surface area contributed by atoms with Gasteiger partial charge in [0.05, 0.1) is 11.3 Å². The Balaban J connectivity index is 1.48. The Labute approximate surface area is 161 Å². The molecule has 2 aromatic rings. The first-order valence-electron chi connectivity index (χ1n) is 9.18. The fourth-order valence-electron chi connectivity index (χ4n) is 2.99. The standard InChI is InChI=1S/C18H22N6O4/c1-12(16(25)21-18(27)20-14-5-3-2-4-6-14)28-17(26)13-7-9-15(10-8-13)24-11-19-22-23-24/h7-12,14H,2-6H2,1H3,(H2,20,21,25,27)/t12-/m1/s1. The van der Waals surface area contributed by atoms with E-state index >= 15 is 0 Å². The molecule has 1 aliphatic carbocycles. The van der Waals surface area contributed by atoms with Gasteiger partial charge in [-0.15, -0.1) is 5.10 Å². The van der Waals surface area contributed by atoms with E-state index in [1.165, 1.54) is 24.4 Å². The van der Waals surface area contributed by atoms with E-state index in [0.717, 1.165) is 25.7 Å². The lowest BCUT2D eigenvalue weighted by Crippen LogP contribution is -2.48. The van der Waals surface area contributed by atoms with Gasteiger partial charge < -0.3 is 10.1 Å². The molecule has 10 heteroatoms. The van der Waals surface area contributed by atoms with E-state index in [4.69, 9.17) is 4.74 Å². The zero-order valence-electron chi connectivity index (χ0n) is 15.5. The number of imide groups is 1. The molecule has 0 bridgehead atoms. The quantitative estimate of drug-likeness (QED) is 0.743. The molecule has 0 saturated heterocycles. The van der Waals surface area contributed by atoms with Crippen molar-refractivity contribution >= 4 is 17.9 Å². The number of ether oxygens (including phenoxy) is 1. The Morgan fingerprint density at radius 2 is 1.86 bits per heavy atom. The maximum atomic E-state index is 12.2. The van der Waals surface area contributed by atoms with Crippen molar-refractivity contribution in [1.29, 1.82) is 0 Å². The Kier molecular flexibility index (Phi) is 6.30. The maximum absolute atomic E-state index is 12.2. The normalized spacial score (nSPS) is 15.5. The lowest BCUT2D eigenvalue weighted by atomic mass is 9.96. The monoisotopic (exact) mass is 386 g/mol. The van der Waals surface area contributed by atoms with Crippen LogP contribution in [0.15, 0.2) is 30.6 Å². The number of aromatic nitrogens is 4. The SMILES string of the molecule is C[C@@H](OC(=O)c1ccc(-n2cnnn2)cc1)C(=O)NC(=O)NC1CCCCC1. The van der Waals surface area contributed by atoms with Gasteiger partial charge in [-0.1, -0.05) is 19.3 Å². The predicted molar refractivity (Wildman–Crippen MR) is 97.6 cm³/mol. The molecule has 1 fully saturated rings. The van der Waals surface area contributed by atoms with Gasteiger partial charge in [-0.2, -0.15) is 0 Å². The van der Waals surface area contributed by atoms with Crippen LogP contribution in [-0.4, -0.2) is 50.3 Å². The Morgan fingerprint density at radius 1 is 1.14 bits per heavy atom. The molecule has 1 aromatic heterocycles. The van der Waals surface area contributed by atoms with Gasteiger partial charge in [0.2, 0.25) is 0 Å². The van der Waals surface area contributed by atoms with Crippen molar-refractivity contribution in [1.82, 2.24) is 30.8 Å². The molecule has 28 heavy (non-hydrogen) atoms. The number of amides is 3. The van der Waals surface area contributed by atoms with Gasteiger partial charge in [-0.3, -0.25) is 10.1 Å². The third-order valence-corrected chi connectivity index (χ3v) is 4.55. The van der Waals surface area contributed by atoms with E-state index in [9.17, 15) is 14.4 Å². The van der Waals surface area contributed by atoms with Crippen molar-refractivity contribution < 1.29 is 19.1 Å². The van der Waals surface area contributed by atoms with Crippen molar-refractivity contribution in [3.05, 3.63) is 36.2 Å². The first-order chi connectivity index (χ1) is 13.5. The fourth-order valence-corrected chi connectivity index (χ4v) is 2.99.